The molecule has 3 heteroatoms. The molecule has 1 saturated heterocycles. The quantitative estimate of drug-likeness (QED) is 0.662. The van der Waals surface area contributed by atoms with Crippen LogP contribution in [0.25, 0.3) is 0 Å². The van der Waals surface area contributed by atoms with Crippen molar-refractivity contribution in [2.24, 2.45) is 5.92 Å². The van der Waals surface area contributed by atoms with Gasteiger partial charge in [0.2, 0.25) is 0 Å². The maximum atomic E-state index is 8.58. The van der Waals surface area contributed by atoms with Crippen LogP contribution in [0.15, 0.2) is 0 Å². The molecule has 1 fully saturated rings. The fraction of sp³-hybridized carbons (Fsp3) is 1.00. The standard InChI is InChI=1S/C8H16O3/c1-2-7-5-10-8(3-4-9)11-6-7/h7-9H,2-6H2,1H3. The van der Waals surface area contributed by atoms with Gasteiger partial charge < -0.3 is 14.6 Å². The first-order chi connectivity index (χ1) is 5.36. The Kier molecular flexibility index (Phi) is 3.83. The first kappa shape index (κ1) is 8.97. The Morgan fingerprint density at radius 3 is 2.45 bits per heavy atom. The van der Waals surface area contributed by atoms with Crippen LogP contribution in [0.4, 0.5) is 0 Å². The van der Waals surface area contributed by atoms with Gasteiger partial charge in [-0.05, 0) is 6.42 Å². The lowest BCUT2D eigenvalue weighted by atomic mass is 10.1. The van der Waals surface area contributed by atoms with E-state index in [0.717, 1.165) is 19.6 Å². The van der Waals surface area contributed by atoms with Gasteiger partial charge in [0.1, 0.15) is 0 Å². The highest BCUT2D eigenvalue weighted by atomic mass is 16.7. The number of aliphatic hydroxyl groups is 1. The molecular formula is C8H16O3. The van der Waals surface area contributed by atoms with E-state index in [2.05, 4.69) is 6.92 Å². The lowest BCUT2D eigenvalue weighted by Crippen LogP contribution is -2.32. The van der Waals surface area contributed by atoms with Crippen LogP contribution in [0, 0.1) is 5.92 Å². The summed E-state index contributed by atoms with van der Waals surface area (Å²) in [6.07, 6.45) is 1.53. The molecule has 0 radical (unpaired) electrons. The molecule has 1 rings (SSSR count). The van der Waals surface area contributed by atoms with E-state index in [1.165, 1.54) is 0 Å². The number of aliphatic hydroxyl groups excluding tert-OH is 1. The average molecular weight is 160 g/mol. The third-order valence-electron chi connectivity index (χ3n) is 1.98. The molecule has 66 valence electrons. The van der Waals surface area contributed by atoms with Crippen LogP contribution in [-0.4, -0.2) is 31.2 Å². The summed E-state index contributed by atoms with van der Waals surface area (Å²) in [5, 5.41) is 8.58. The van der Waals surface area contributed by atoms with Gasteiger partial charge in [0, 0.05) is 18.9 Å². The molecule has 11 heavy (non-hydrogen) atoms. The van der Waals surface area contributed by atoms with Crippen LogP contribution in [0.3, 0.4) is 0 Å². The van der Waals surface area contributed by atoms with Gasteiger partial charge in [0.25, 0.3) is 0 Å². The summed E-state index contributed by atoms with van der Waals surface area (Å²) < 4.78 is 10.7. The maximum Gasteiger partial charge on any atom is 0.159 e. The van der Waals surface area contributed by atoms with E-state index in [1.54, 1.807) is 0 Å². The minimum atomic E-state index is -0.164. The zero-order chi connectivity index (χ0) is 8.10. The predicted molar refractivity (Wildman–Crippen MR) is 41.2 cm³/mol. The first-order valence-electron chi connectivity index (χ1n) is 4.21. The van der Waals surface area contributed by atoms with Gasteiger partial charge in [0.15, 0.2) is 6.29 Å². The number of hydrogen-bond donors (Lipinski definition) is 1. The molecule has 0 bridgehead atoms. The molecule has 0 amide bonds. The zero-order valence-corrected chi connectivity index (χ0v) is 6.95. The monoisotopic (exact) mass is 160 g/mol. The second-order valence-corrected chi connectivity index (χ2v) is 2.88. The van der Waals surface area contributed by atoms with Crippen molar-refractivity contribution in [3.63, 3.8) is 0 Å². The Balaban J connectivity index is 2.14. The third-order valence-corrected chi connectivity index (χ3v) is 1.98. The highest BCUT2D eigenvalue weighted by molar-refractivity contribution is 4.60. The lowest BCUT2D eigenvalue weighted by molar-refractivity contribution is -0.205. The number of ether oxygens (including phenoxy) is 2. The third kappa shape index (κ3) is 2.77. The van der Waals surface area contributed by atoms with Crippen molar-refractivity contribution in [2.45, 2.75) is 26.1 Å². The van der Waals surface area contributed by atoms with Crippen LogP contribution in [0.1, 0.15) is 19.8 Å². The summed E-state index contributed by atoms with van der Waals surface area (Å²) >= 11 is 0. The second-order valence-electron chi connectivity index (χ2n) is 2.88. The van der Waals surface area contributed by atoms with Crippen LogP contribution in [0.2, 0.25) is 0 Å². The Hall–Kier alpha value is -0.120. The van der Waals surface area contributed by atoms with Crippen molar-refractivity contribution in [2.75, 3.05) is 19.8 Å². The molecule has 1 aliphatic rings. The van der Waals surface area contributed by atoms with Gasteiger partial charge in [-0.2, -0.15) is 0 Å². The summed E-state index contributed by atoms with van der Waals surface area (Å²) in [6, 6.07) is 0. The Morgan fingerprint density at radius 2 is 2.00 bits per heavy atom. The second kappa shape index (κ2) is 4.70. The Morgan fingerprint density at radius 1 is 1.36 bits per heavy atom. The topological polar surface area (TPSA) is 38.7 Å². The molecule has 0 aliphatic carbocycles. The van der Waals surface area contributed by atoms with Crippen molar-refractivity contribution in [3.05, 3.63) is 0 Å². The lowest BCUT2D eigenvalue weighted by Gasteiger charge is -2.28. The van der Waals surface area contributed by atoms with Crippen molar-refractivity contribution in [1.29, 1.82) is 0 Å². The molecule has 0 aromatic rings. The highest BCUT2D eigenvalue weighted by Crippen LogP contribution is 2.15. The first-order valence-corrected chi connectivity index (χ1v) is 4.21. The van der Waals surface area contributed by atoms with Gasteiger partial charge in [-0.25, -0.2) is 0 Å². The minimum Gasteiger partial charge on any atom is -0.396 e. The minimum absolute atomic E-state index is 0.140. The van der Waals surface area contributed by atoms with E-state index < -0.39 is 0 Å². The summed E-state index contributed by atoms with van der Waals surface area (Å²) in [6.45, 7) is 3.83. The Bertz CT molecular complexity index is 97.5. The van der Waals surface area contributed by atoms with Gasteiger partial charge in [0.05, 0.1) is 13.2 Å². The SMILES string of the molecule is CCC1COC(CCO)OC1. The van der Waals surface area contributed by atoms with Gasteiger partial charge in [-0.15, -0.1) is 0 Å². The van der Waals surface area contributed by atoms with E-state index in [4.69, 9.17) is 14.6 Å². The van der Waals surface area contributed by atoms with Crippen molar-refractivity contribution < 1.29 is 14.6 Å². The molecule has 0 aromatic heterocycles. The fourth-order valence-electron chi connectivity index (χ4n) is 1.09. The summed E-state index contributed by atoms with van der Waals surface area (Å²) in [7, 11) is 0. The molecule has 0 saturated carbocycles. The number of hydrogen-bond acceptors (Lipinski definition) is 3. The van der Waals surface area contributed by atoms with E-state index in [1.807, 2.05) is 0 Å². The van der Waals surface area contributed by atoms with Crippen LogP contribution >= 0.6 is 0 Å². The Labute approximate surface area is 67.3 Å². The summed E-state index contributed by atoms with van der Waals surface area (Å²) in [4.78, 5) is 0. The summed E-state index contributed by atoms with van der Waals surface area (Å²) in [5.41, 5.74) is 0. The van der Waals surface area contributed by atoms with Crippen LogP contribution in [0.5, 0.6) is 0 Å². The molecule has 0 aromatic carbocycles. The van der Waals surface area contributed by atoms with E-state index in [-0.39, 0.29) is 12.9 Å². The molecule has 0 spiro atoms. The average Bonchev–Trinajstić information content (AvgIpc) is 2.07. The van der Waals surface area contributed by atoms with E-state index >= 15 is 0 Å². The normalized spacial score (nSPS) is 32.2. The van der Waals surface area contributed by atoms with Crippen molar-refractivity contribution in [3.8, 4) is 0 Å². The molecular weight excluding hydrogens is 144 g/mol. The van der Waals surface area contributed by atoms with E-state index in [9.17, 15) is 0 Å². The number of rotatable bonds is 3. The van der Waals surface area contributed by atoms with Gasteiger partial charge >= 0.3 is 0 Å². The van der Waals surface area contributed by atoms with Crippen molar-refractivity contribution >= 4 is 0 Å². The molecule has 3 nitrogen and oxygen atoms in total. The van der Waals surface area contributed by atoms with Gasteiger partial charge in [-0.1, -0.05) is 6.92 Å². The molecule has 1 aliphatic heterocycles. The molecule has 1 heterocycles. The molecule has 0 atom stereocenters. The predicted octanol–water partition coefficient (Wildman–Crippen LogP) is 0.768. The molecule has 1 N–H and O–H groups in total. The highest BCUT2D eigenvalue weighted by Gasteiger charge is 2.19. The largest absolute Gasteiger partial charge is 0.396 e. The summed E-state index contributed by atoms with van der Waals surface area (Å²) in [5.74, 6) is 0.546. The zero-order valence-electron chi connectivity index (χ0n) is 6.95. The maximum absolute atomic E-state index is 8.58. The fourth-order valence-corrected chi connectivity index (χ4v) is 1.09. The van der Waals surface area contributed by atoms with Gasteiger partial charge in [-0.3, -0.25) is 0 Å². The van der Waals surface area contributed by atoms with Crippen LogP contribution < -0.4 is 0 Å². The van der Waals surface area contributed by atoms with Crippen molar-refractivity contribution in [1.82, 2.24) is 0 Å². The van der Waals surface area contributed by atoms with Crippen LogP contribution in [-0.2, 0) is 9.47 Å². The van der Waals surface area contributed by atoms with E-state index in [0.29, 0.717) is 12.3 Å². The smallest absolute Gasteiger partial charge is 0.159 e. The molecule has 0 unspecified atom stereocenters.